The van der Waals surface area contributed by atoms with Gasteiger partial charge in [-0.3, -0.25) is 9.59 Å². The van der Waals surface area contributed by atoms with Crippen LogP contribution in [0.15, 0.2) is 42.5 Å². The van der Waals surface area contributed by atoms with Gasteiger partial charge in [0.15, 0.2) is 11.9 Å². The zero-order chi connectivity index (χ0) is 25.1. The average Bonchev–Trinajstić information content (AvgIpc) is 2.87. The molecule has 0 aliphatic carbocycles. The number of benzene rings is 2. The maximum absolute atomic E-state index is 13.1. The minimum atomic E-state index is -0.556. The number of rotatable bonds is 6. The summed E-state index contributed by atoms with van der Waals surface area (Å²) in [6.45, 7) is 6.86. The van der Waals surface area contributed by atoms with Gasteiger partial charge in [0.05, 0.1) is 18.8 Å². The van der Waals surface area contributed by atoms with Crippen LogP contribution >= 0.6 is 0 Å². The van der Waals surface area contributed by atoms with Gasteiger partial charge in [0.1, 0.15) is 11.5 Å². The maximum Gasteiger partial charge on any atom is 0.317 e. The van der Waals surface area contributed by atoms with Crippen molar-refractivity contribution in [3.63, 3.8) is 0 Å². The normalized spacial score (nSPS) is 18.8. The SMILES string of the molecule is COc1ccc(C(NC(=O)N2CCC(C(=O)c3ccc4c(c3)NC(=O)C(C)O4)CC2)C(C)C)cc1. The first-order valence-electron chi connectivity index (χ1n) is 12.1. The number of nitrogens with zero attached hydrogens (tertiary/aromatic N) is 1. The van der Waals surface area contributed by atoms with E-state index in [1.54, 1.807) is 37.1 Å². The van der Waals surface area contributed by atoms with Gasteiger partial charge in [0, 0.05) is 24.6 Å². The van der Waals surface area contributed by atoms with Crippen molar-refractivity contribution >= 4 is 23.4 Å². The van der Waals surface area contributed by atoms with Crippen molar-refractivity contribution in [1.29, 1.82) is 0 Å². The van der Waals surface area contributed by atoms with Crippen LogP contribution in [0.1, 0.15) is 55.6 Å². The molecule has 3 amide bonds. The number of piperidine rings is 1. The number of methoxy groups -OCH3 is 1. The van der Waals surface area contributed by atoms with Crippen molar-refractivity contribution in [2.45, 2.75) is 45.8 Å². The summed E-state index contributed by atoms with van der Waals surface area (Å²) in [7, 11) is 1.63. The van der Waals surface area contributed by atoms with E-state index in [0.717, 1.165) is 11.3 Å². The van der Waals surface area contributed by atoms with Gasteiger partial charge < -0.3 is 25.0 Å². The van der Waals surface area contributed by atoms with Crippen molar-refractivity contribution < 1.29 is 23.9 Å². The van der Waals surface area contributed by atoms with Crippen molar-refractivity contribution in [2.24, 2.45) is 11.8 Å². The third kappa shape index (κ3) is 5.42. The van der Waals surface area contributed by atoms with Crippen LogP contribution in [0.4, 0.5) is 10.5 Å². The Morgan fingerprint density at radius 2 is 1.80 bits per heavy atom. The summed E-state index contributed by atoms with van der Waals surface area (Å²) in [6.07, 6.45) is 0.635. The van der Waals surface area contributed by atoms with Crippen molar-refractivity contribution in [3.8, 4) is 11.5 Å². The third-order valence-electron chi connectivity index (χ3n) is 6.77. The fraction of sp³-hybridized carbons (Fsp3) is 0.444. The fourth-order valence-corrected chi connectivity index (χ4v) is 4.61. The number of ether oxygens (including phenoxy) is 2. The summed E-state index contributed by atoms with van der Waals surface area (Å²) in [5.74, 6) is 1.19. The Hall–Kier alpha value is -3.55. The Kier molecular flexibility index (Phi) is 7.28. The number of amides is 3. The lowest BCUT2D eigenvalue weighted by atomic mass is 9.88. The van der Waals surface area contributed by atoms with Crippen molar-refractivity contribution in [3.05, 3.63) is 53.6 Å². The van der Waals surface area contributed by atoms with Gasteiger partial charge in [0.2, 0.25) is 0 Å². The number of fused-ring (bicyclic) bond motifs is 1. The summed E-state index contributed by atoms with van der Waals surface area (Å²) < 4.78 is 10.8. The van der Waals surface area contributed by atoms with Gasteiger partial charge >= 0.3 is 6.03 Å². The molecule has 1 fully saturated rings. The third-order valence-corrected chi connectivity index (χ3v) is 6.77. The molecule has 0 bridgehead atoms. The number of carbonyl (C=O) groups is 3. The molecule has 2 unspecified atom stereocenters. The smallest absolute Gasteiger partial charge is 0.317 e. The zero-order valence-electron chi connectivity index (χ0n) is 20.7. The van der Waals surface area contributed by atoms with Gasteiger partial charge in [-0.05, 0) is 61.6 Å². The van der Waals surface area contributed by atoms with Crippen LogP contribution in [0.25, 0.3) is 0 Å². The minimum Gasteiger partial charge on any atom is -0.497 e. The molecular formula is C27H33N3O5. The largest absolute Gasteiger partial charge is 0.497 e. The van der Waals surface area contributed by atoms with Crippen LogP contribution in [-0.2, 0) is 4.79 Å². The lowest BCUT2D eigenvalue weighted by Crippen LogP contribution is -2.47. The number of likely N-dealkylation sites (tertiary alicyclic amines) is 1. The van der Waals surface area contributed by atoms with E-state index < -0.39 is 6.10 Å². The molecule has 2 aromatic carbocycles. The van der Waals surface area contributed by atoms with E-state index in [2.05, 4.69) is 24.5 Å². The predicted molar refractivity (Wildman–Crippen MR) is 133 cm³/mol. The Morgan fingerprint density at radius 1 is 1.11 bits per heavy atom. The first kappa shape index (κ1) is 24.6. The molecular weight excluding hydrogens is 446 g/mol. The first-order valence-corrected chi connectivity index (χ1v) is 12.1. The van der Waals surface area contributed by atoms with Crippen LogP contribution in [0.5, 0.6) is 11.5 Å². The van der Waals surface area contributed by atoms with E-state index in [0.29, 0.717) is 42.9 Å². The number of hydrogen-bond donors (Lipinski definition) is 2. The monoisotopic (exact) mass is 479 g/mol. The van der Waals surface area contributed by atoms with Crippen molar-refractivity contribution in [2.75, 3.05) is 25.5 Å². The van der Waals surface area contributed by atoms with E-state index in [1.165, 1.54) is 0 Å². The number of Topliss-reactive ketones (excluding diaryl/α,β-unsaturated/α-hetero) is 1. The Bertz CT molecular complexity index is 1090. The van der Waals surface area contributed by atoms with E-state index in [9.17, 15) is 14.4 Å². The summed E-state index contributed by atoms with van der Waals surface area (Å²) in [5.41, 5.74) is 2.09. The molecule has 2 aliphatic heterocycles. The highest BCUT2D eigenvalue weighted by Crippen LogP contribution is 2.32. The van der Waals surface area contributed by atoms with E-state index in [-0.39, 0.29) is 35.6 Å². The molecule has 0 saturated carbocycles. The number of carbonyl (C=O) groups excluding carboxylic acids is 3. The van der Waals surface area contributed by atoms with Crippen LogP contribution in [-0.4, -0.2) is 48.9 Å². The summed E-state index contributed by atoms with van der Waals surface area (Å²) >= 11 is 0. The quantitative estimate of drug-likeness (QED) is 0.598. The number of hydrogen-bond acceptors (Lipinski definition) is 5. The average molecular weight is 480 g/mol. The maximum atomic E-state index is 13.1. The molecule has 2 aliphatic rings. The molecule has 0 radical (unpaired) electrons. The Balaban J connectivity index is 1.35. The van der Waals surface area contributed by atoms with Gasteiger partial charge in [-0.2, -0.15) is 0 Å². The molecule has 8 nitrogen and oxygen atoms in total. The predicted octanol–water partition coefficient (Wildman–Crippen LogP) is 4.42. The lowest BCUT2D eigenvalue weighted by molar-refractivity contribution is -0.122. The molecule has 35 heavy (non-hydrogen) atoms. The highest BCUT2D eigenvalue weighted by molar-refractivity contribution is 6.02. The molecule has 2 N–H and O–H groups in total. The molecule has 2 atom stereocenters. The highest BCUT2D eigenvalue weighted by atomic mass is 16.5. The fourth-order valence-electron chi connectivity index (χ4n) is 4.61. The number of anilines is 1. The van der Waals surface area contributed by atoms with Crippen LogP contribution in [0.3, 0.4) is 0 Å². The van der Waals surface area contributed by atoms with Gasteiger partial charge in [-0.1, -0.05) is 26.0 Å². The van der Waals surface area contributed by atoms with E-state index in [4.69, 9.17) is 9.47 Å². The molecule has 186 valence electrons. The van der Waals surface area contributed by atoms with Crippen LogP contribution in [0.2, 0.25) is 0 Å². The van der Waals surface area contributed by atoms with Gasteiger partial charge in [-0.15, -0.1) is 0 Å². The number of urea groups is 1. The topological polar surface area (TPSA) is 97.0 Å². The molecule has 2 aromatic rings. The molecule has 4 rings (SSSR count). The Morgan fingerprint density at radius 3 is 2.43 bits per heavy atom. The Labute approximate surface area is 206 Å². The number of nitrogens with one attached hydrogen (secondary N) is 2. The van der Waals surface area contributed by atoms with Gasteiger partial charge in [-0.25, -0.2) is 4.79 Å². The first-order chi connectivity index (χ1) is 16.8. The molecule has 1 saturated heterocycles. The summed E-state index contributed by atoms with van der Waals surface area (Å²) in [6, 6.07) is 12.7. The standard InChI is InChI=1S/C27H33N3O5/c1-16(2)24(18-5-8-21(34-4)9-6-18)29-27(33)30-13-11-19(12-14-30)25(31)20-7-10-23-22(15-20)28-26(32)17(3)35-23/h5-10,15-17,19,24H,11-14H2,1-4H3,(H,28,32)(H,29,33). The second-order valence-corrected chi connectivity index (χ2v) is 9.53. The van der Waals surface area contributed by atoms with Gasteiger partial charge in [0.25, 0.3) is 5.91 Å². The van der Waals surface area contributed by atoms with Crippen molar-refractivity contribution in [1.82, 2.24) is 10.2 Å². The molecule has 2 heterocycles. The number of ketones is 1. The van der Waals surface area contributed by atoms with Crippen LogP contribution in [0, 0.1) is 11.8 Å². The summed E-state index contributed by atoms with van der Waals surface area (Å²) in [4.78, 5) is 39.8. The van der Waals surface area contributed by atoms with Crippen LogP contribution < -0.4 is 20.1 Å². The lowest BCUT2D eigenvalue weighted by Gasteiger charge is -2.33. The van der Waals surface area contributed by atoms with E-state index >= 15 is 0 Å². The molecule has 0 aromatic heterocycles. The molecule has 8 heteroatoms. The zero-order valence-corrected chi connectivity index (χ0v) is 20.7. The summed E-state index contributed by atoms with van der Waals surface area (Å²) in [5, 5.41) is 5.96. The second-order valence-electron chi connectivity index (χ2n) is 9.53. The highest BCUT2D eigenvalue weighted by Gasteiger charge is 2.31. The molecule has 0 spiro atoms. The van der Waals surface area contributed by atoms with E-state index in [1.807, 2.05) is 24.3 Å². The minimum absolute atomic E-state index is 0.0269. The second kappa shape index (κ2) is 10.4.